The highest BCUT2D eigenvalue weighted by molar-refractivity contribution is 5.64. The van der Waals surface area contributed by atoms with Crippen LogP contribution in [0.4, 0.5) is 0 Å². The lowest BCUT2D eigenvalue weighted by Crippen LogP contribution is -1.88. The van der Waals surface area contributed by atoms with E-state index in [1.165, 1.54) is 11.1 Å². The minimum atomic E-state index is 0.733. The molecule has 0 radical (unpaired) electrons. The maximum atomic E-state index is 4.59. The van der Waals surface area contributed by atoms with Gasteiger partial charge in [-0.25, -0.2) is 4.98 Å². The standard InChI is InChI=1S/C16H15N3/c1-11-7-6-10-14(12(11)2)16-17-15(18-19-16)13-8-4-3-5-9-13/h3-10H,1-2H3,(H,17,18,19). The number of benzene rings is 2. The lowest BCUT2D eigenvalue weighted by atomic mass is 10.0. The third kappa shape index (κ3) is 2.15. The van der Waals surface area contributed by atoms with Crippen molar-refractivity contribution in [1.82, 2.24) is 15.2 Å². The zero-order valence-corrected chi connectivity index (χ0v) is 11.0. The second kappa shape index (κ2) is 4.69. The molecule has 0 aliphatic carbocycles. The van der Waals surface area contributed by atoms with Gasteiger partial charge in [0, 0.05) is 11.1 Å². The van der Waals surface area contributed by atoms with Gasteiger partial charge in [0.25, 0.3) is 0 Å². The fourth-order valence-electron chi connectivity index (χ4n) is 2.11. The molecule has 0 bridgehead atoms. The van der Waals surface area contributed by atoms with Crippen molar-refractivity contribution >= 4 is 0 Å². The molecule has 1 N–H and O–H groups in total. The molecular formula is C16H15N3. The maximum Gasteiger partial charge on any atom is 0.181 e. The summed E-state index contributed by atoms with van der Waals surface area (Å²) in [6.45, 7) is 4.21. The van der Waals surface area contributed by atoms with Crippen molar-refractivity contribution in [1.29, 1.82) is 0 Å². The third-order valence-electron chi connectivity index (χ3n) is 3.38. The van der Waals surface area contributed by atoms with Gasteiger partial charge in [0.2, 0.25) is 0 Å². The number of hydrogen-bond acceptors (Lipinski definition) is 2. The minimum Gasteiger partial charge on any atom is -0.259 e. The Kier molecular flexibility index (Phi) is 2.88. The van der Waals surface area contributed by atoms with Gasteiger partial charge in [0.1, 0.15) is 0 Å². The van der Waals surface area contributed by atoms with Gasteiger partial charge in [0.15, 0.2) is 11.6 Å². The van der Waals surface area contributed by atoms with Crippen LogP contribution < -0.4 is 0 Å². The van der Waals surface area contributed by atoms with E-state index in [0.717, 1.165) is 22.8 Å². The van der Waals surface area contributed by atoms with E-state index in [1.54, 1.807) is 0 Å². The summed E-state index contributed by atoms with van der Waals surface area (Å²) in [5.74, 6) is 1.55. The smallest absolute Gasteiger partial charge is 0.181 e. The highest BCUT2D eigenvalue weighted by Gasteiger charge is 2.10. The summed E-state index contributed by atoms with van der Waals surface area (Å²) in [6.07, 6.45) is 0. The molecule has 0 saturated carbocycles. The molecule has 2 aromatic carbocycles. The van der Waals surface area contributed by atoms with Crippen molar-refractivity contribution in [3.63, 3.8) is 0 Å². The SMILES string of the molecule is Cc1cccc(-c2nc(-c3ccccc3)n[nH]2)c1C. The summed E-state index contributed by atoms with van der Waals surface area (Å²) in [5, 5.41) is 7.32. The van der Waals surface area contributed by atoms with Crippen molar-refractivity contribution in [2.24, 2.45) is 0 Å². The number of H-pyrrole nitrogens is 1. The third-order valence-corrected chi connectivity index (χ3v) is 3.38. The summed E-state index contributed by atoms with van der Waals surface area (Å²) >= 11 is 0. The van der Waals surface area contributed by atoms with Crippen LogP contribution in [-0.2, 0) is 0 Å². The molecule has 0 unspecified atom stereocenters. The van der Waals surface area contributed by atoms with Crippen molar-refractivity contribution in [3.05, 3.63) is 59.7 Å². The van der Waals surface area contributed by atoms with Crippen molar-refractivity contribution in [2.75, 3.05) is 0 Å². The fourth-order valence-corrected chi connectivity index (χ4v) is 2.11. The number of aromatic nitrogens is 3. The first-order valence-corrected chi connectivity index (χ1v) is 6.30. The first kappa shape index (κ1) is 11.7. The van der Waals surface area contributed by atoms with Gasteiger partial charge in [-0.15, -0.1) is 0 Å². The summed E-state index contributed by atoms with van der Waals surface area (Å²) in [5.41, 5.74) is 4.62. The second-order valence-electron chi connectivity index (χ2n) is 4.62. The molecule has 3 heteroatoms. The Hall–Kier alpha value is -2.42. The van der Waals surface area contributed by atoms with Crippen LogP contribution in [0.5, 0.6) is 0 Å². The molecule has 19 heavy (non-hydrogen) atoms. The van der Waals surface area contributed by atoms with Crippen LogP contribution in [0.15, 0.2) is 48.5 Å². The Balaban J connectivity index is 2.05. The van der Waals surface area contributed by atoms with Gasteiger partial charge in [0.05, 0.1) is 0 Å². The van der Waals surface area contributed by atoms with E-state index in [-0.39, 0.29) is 0 Å². The van der Waals surface area contributed by atoms with Gasteiger partial charge in [-0.1, -0.05) is 48.5 Å². The zero-order valence-electron chi connectivity index (χ0n) is 11.0. The van der Waals surface area contributed by atoms with Crippen LogP contribution >= 0.6 is 0 Å². The molecule has 0 amide bonds. The summed E-state index contributed by atoms with van der Waals surface area (Å²) in [4.78, 5) is 4.59. The molecule has 0 fully saturated rings. The monoisotopic (exact) mass is 249 g/mol. The van der Waals surface area contributed by atoms with Gasteiger partial charge in [-0.2, -0.15) is 5.10 Å². The number of aromatic amines is 1. The van der Waals surface area contributed by atoms with Crippen LogP contribution in [0, 0.1) is 13.8 Å². The highest BCUT2D eigenvalue weighted by Crippen LogP contribution is 2.24. The van der Waals surface area contributed by atoms with E-state index in [2.05, 4.69) is 41.2 Å². The van der Waals surface area contributed by atoms with Gasteiger partial charge < -0.3 is 0 Å². The molecule has 3 rings (SSSR count). The van der Waals surface area contributed by atoms with E-state index in [1.807, 2.05) is 36.4 Å². The molecular weight excluding hydrogens is 234 g/mol. The second-order valence-corrected chi connectivity index (χ2v) is 4.62. The topological polar surface area (TPSA) is 41.6 Å². The minimum absolute atomic E-state index is 0.733. The van der Waals surface area contributed by atoms with Crippen LogP contribution in [0.2, 0.25) is 0 Å². The number of rotatable bonds is 2. The molecule has 0 atom stereocenters. The van der Waals surface area contributed by atoms with E-state index < -0.39 is 0 Å². The van der Waals surface area contributed by atoms with Crippen molar-refractivity contribution in [2.45, 2.75) is 13.8 Å². The predicted octanol–water partition coefficient (Wildman–Crippen LogP) is 3.76. The van der Waals surface area contributed by atoms with E-state index >= 15 is 0 Å². The number of hydrogen-bond donors (Lipinski definition) is 1. The highest BCUT2D eigenvalue weighted by atomic mass is 15.2. The zero-order chi connectivity index (χ0) is 13.2. The first-order chi connectivity index (χ1) is 9.25. The van der Waals surface area contributed by atoms with Crippen molar-refractivity contribution < 1.29 is 0 Å². The molecule has 0 aliphatic heterocycles. The Bertz CT molecular complexity index is 699. The summed E-state index contributed by atoms with van der Waals surface area (Å²) in [7, 11) is 0. The molecule has 0 spiro atoms. The van der Waals surface area contributed by atoms with E-state index in [9.17, 15) is 0 Å². The molecule has 3 aromatic rings. The van der Waals surface area contributed by atoms with Crippen LogP contribution in [-0.4, -0.2) is 15.2 Å². The van der Waals surface area contributed by atoms with Gasteiger partial charge in [-0.3, -0.25) is 5.10 Å². The fraction of sp³-hybridized carbons (Fsp3) is 0.125. The maximum absolute atomic E-state index is 4.59. The average molecular weight is 249 g/mol. The average Bonchev–Trinajstić information content (AvgIpc) is 2.92. The Morgan fingerprint density at radius 1 is 0.895 bits per heavy atom. The summed E-state index contributed by atoms with van der Waals surface area (Å²) in [6, 6.07) is 16.2. The van der Waals surface area contributed by atoms with Crippen molar-refractivity contribution in [3.8, 4) is 22.8 Å². The van der Waals surface area contributed by atoms with Crippen LogP contribution in [0.1, 0.15) is 11.1 Å². The molecule has 94 valence electrons. The number of nitrogens with one attached hydrogen (secondary N) is 1. The molecule has 0 aliphatic rings. The molecule has 1 aromatic heterocycles. The molecule has 3 nitrogen and oxygen atoms in total. The van der Waals surface area contributed by atoms with E-state index in [0.29, 0.717) is 0 Å². The van der Waals surface area contributed by atoms with Crippen LogP contribution in [0.25, 0.3) is 22.8 Å². The number of nitrogens with zero attached hydrogens (tertiary/aromatic N) is 2. The summed E-state index contributed by atoms with van der Waals surface area (Å²) < 4.78 is 0. The lowest BCUT2D eigenvalue weighted by Gasteiger charge is -2.04. The van der Waals surface area contributed by atoms with Crippen LogP contribution in [0.3, 0.4) is 0 Å². The normalized spacial score (nSPS) is 10.6. The Morgan fingerprint density at radius 2 is 1.68 bits per heavy atom. The first-order valence-electron chi connectivity index (χ1n) is 6.30. The molecule has 0 saturated heterocycles. The Morgan fingerprint density at radius 3 is 2.47 bits per heavy atom. The largest absolute Gasteiger partial charge is 0.259 e. The van der Waals surface area contributed by atoms with E-state index in [4.69, 9.17) is 0 Å². The van der Waals surface area contributed by atoms with Gasteiger partial charge in [-0.05, 0) is 25.0 Å². The van der Waals surface area contributed by atoms with Gasteiger partial charge >= 0.3 is 0 Å². The predicted molar refractivity (Wildman–Crippen MR) is 76.7 cm³/mol. The quantitative estimate of drug-likeness (QED) is 0.751. The lowest BCUT2D eigenvalue weighted by molar-refractivity contribution is 1.10. The Labute approximate surface area is 112 Å². The molecule has 1 heterocycles. The number of aryl methyl sites for hydroxylation is 1.